The van der Waals surface area contributed by atoms with Gasteiger partial charge in [0.1, 0.15) is 6.07 Å². The molecule has 2 nitrogen and oxygen atoms in total. The summed E-state index contributed by atoms with van der Waals surface area (Å²) in [6.45, 7) is 10.8. The number of nitrogens with zero attached hydrogens (tertiary/aromatic N) is 2. The molecular formula is C17H26N2S. The van der Waals surface area contributed by atoms with Gasteiger partial charge in [-0.05, 0) is 30.7 Å². The van der Waals surface area contributed by atoms with Crippen LogP contribution in [0.1, 0.15) is 46.1 Å². The van der Waals surface area contributed by atoms with Gasteiger partial charge in [0.2, 0.25) is 0 Å². The number of rotatable bonds is 8. The van der Waals surface area contributed by atoms with Gasteiger partial charge in [0.15, 0.2) is 0 Å². The molecule has 0 aliphatic heterocycles. The van der Waals surface area contributed by atoms with Gasteiger partial charge in [-0.3, -0.25) is 0 Å². The standard InChI is InChI=1S/C17H26N2S/c1-5-14(6-2)13-19(7-3)16-10-9-11-17(20-8-4)15(16)12-18/h9-11,14H,5-8,13H2,1-4H3. The smallest absolute Gasteiger partial charge is 0.103 e. The Kier molecular flexibility index (Phi) is 7.54. The van der Waals surface area contributed by atoms with E-state index in [0.29, 0.717) is 5.92 Å². The molecule has 0 heterocycles. The highest BCUT2D eigenvalue weighted by atomic mass is 32.2. The Morgan fingerprint density at radius 2 is 1.90 bits per heavy atom. The Morgan fingerprint density at radius 1 is 1.20 bits per heavy atom. The molecule has 1 aromatic rings. The zero-order valence-corrected chi connectivity index (χ0v) is 14.0. The minimum atomic E-state index is 0.698. The van der Waals surface area contributed by atoms with Gasteiger partial charge in [-0.1, -0.05) is 39.7 Å². The van der Waals surface area contributed by atoms with Gasteiger partial charge < -0.3 is 4.90 Å². The minimum absolute atomic E-state index is 0.698. The highest BCUT2D eigenvalue weighted by molar-refractivity contribution is 7.99. The first-order chi connectivity index (χ1) is 9.71. The van der Waals surface area contributed by atoms with Gasteiger partial charge in [-0.25, -0.2) is 0 Å². The van der Waals surface area contributed by atoms with Crippen molar-refractivity contribution in [1.82, 2.24) is 0 Å². The molecule has 0 N–H and O–H groups in total. The van der Waals surface area contributed by atoms with Gasteiger partial charge in [0, 0.05) is 18.0 Å². The second-order valence-corrected chi connectivity index (χ2v) is 6.22. The van der Waals surface area contributed by atoms with Crippen LogP contribution in [0.3, 0.4) is 0 Å². The fraction of sp³-hybridized carbons (Fsp3) is 0.588. The predicted octanol–water partition coefficient (Wildman–Crippen LogP) is 4.93. The van der Waals surface area contributed by atoms with Crippen LogP contribution in [0.15, 0.2) is 23.1 Å². The van der Waals surface area contributed by atoms with E-state index >= 15 is 0 Å². The molecule has 0 fully saturated rings. The van der Waals surface area contributed by atoms with Gasteiger partial charge >= 0.3 is 0 Å². The van der Waals surface area contributed by atoms with E-state index in [2.05, 4.69) is 56.9 Å². The molecule has 0 saturated carbocycles. The second kappa shape index (κ2) is 8.92. The van der Waals surface area contributed by atoms with E-state index in [1.54, 1.807) is 11.8 Å². The molecule has 0 aromatic heterocycles. The molecule has 1 rings (SSSR count). The third-order valence-electron chi connectivity index (χ3n) is 3.77. The topological polar surface area (TPSA) is 27.0 Å². The van der Waals surface area contributed by atoms with Crippen molar-refractivity contribution in [2.75, 3.05) is 23.7 Å². The maximum absolute atomic E-state index is 9.53. The zero-order valence-electron chi connectivity index (χ0n) is 13.1. The molecule has 0 atom stereocenters. The van der Waals surface area contributed by atoms with Crippen LogP contribution in [0.5, 0.6) is 0 Å². The molecule has 0 bridgehead atoms. The summed E-state index contributed by atoms with van der Waals surface area (Å²) in [5, 5.41) is 9.53. The van der Waals surface area contributed by atoms with E-state index < -0.39 is 0 Å². The second-order valence-electron chi connectivity index (χ2n) is 4.92. The number of benzene rings is 1. The molecule has 0 amide bonds. The zero-order chi connectivity index (χ0) is 15.0. The van der Waals surface area contributed by atoms with Crippen LogP contribution < -0.4 is 4.90 Å². The van der Waals surface area contributed by atoms with E-state index in [0.717, 1.165) is 35.0 Å². The number of hydrogen-bond acceptors (Lipinski definition) is 3. The SMILES string of the molecule is CCSc1cccc(N(CC)CC(CC)CC)c1C#N. The van der Waals surface area contributed by atoms with Crippen molar-refractivity contribution in [2.24, 2.45) is 5.92 Å². The third-order valence-corrected chi connectivity index (χ3v) is 4.71. The van der Waals surface area contributed by atoms with Crippen LogP contribution in [-0.4, -0.2) is 18.8 Å². The van der Waals surface area contributed by atoms with Gasteiger partial charge in [-0.15, -0.1) is 11.8 Å². The molecule has 0 spiro atoms. The number of hydrogen-bond donors (Lipinski definition) is 0. The largest absolute Gasteiger partial charge is 0.370 e. The molecule has 3 heteroatoms. The van der Waals surface area contributed by atoms with Gasteiger partial charge in [0.25, 0.3) is 0 Å². The lowest BCUT2D eigenvalue weighted by atomic mass is 10.0. The Bertz CT molecular complexity index is 447. The van der Waals surface area contributed by atoms with Crippen LogP contribution in [0, 0.1) is 17.2 Å². The van der Waals surface area contributed by atoms with Crippen molar-refractivity contribution in [1.29, 1.82) is 5.26 Å². The summed E-state index contributed by atoms with van der Waals surface area (Å²) in [5.41, 5.74) is 1.94. The Balaban J connectivity index is 3.08. The van der Waals surface area contributed by atoms with Crippen molar-refractivity contribution in [3.05, 3.63) is 23.8 Å². The first-order valence-electron chi connectivity index (χ1n) is 7.62. The summed E-state index contributed by atoms with van der Waals surface area (Å²) in [6, 6.07) is 8.63. The molecule has 0 aliphatic rings. The Hall–Kier alpha value is -1.14. The Labute approximate surface area is 128 Å². The quantitative estimate of drug-likeness (QED) is 0.635. The van der Waals surface area contributed by atoms with E-state index in [4.69, 9.17) is 0 Å². The molecule has 0 unspecified atom stereocenters. The summed E-state index contributed by atoms with van der Waals surface area (Å²) >= 11 is 1.75. The van der Waals surface area contributed by atoms with E-state index in [-0.39, 0.29) is 0 Å². The van der Waals surface area contributed by atoms with Crippen molar-refractivity contribution in [2.45, 2.75) is 45.4 Å². The number of nitriles is 1. The average molecular weight is 290 g/mol. The van der Waals surface area contributed by atoms with E-state index in [9.17, 15) is 5.26 Å². The Morgan fingerprint density at radius 3 is 2.40 bits per heavy atom. The lowest BCUT2D eigenvalue weighted by Crippen LogP contribution is -2.29. The highest BCUT2D eigenvalue weighted by Crippen LogP contribution is 2.31. The fourth-order valence-corrected chi connectivity index (χ4v) is 3.21. The van der Waals surface area contributed by atoms with Crippen LogP contribution >= 0.6 is 11.8 Å². The highest BCUT2D eigenvalue weighted by Gasteiger charge is 2.16. The fourth-order valence-electron chi connectivity index (χ4n) is 2.43. The van der Waals surface area contributed by atoms with Crippen molar-refractivity contribution >= 4 is 17.4 Å². The molecule has 0 saturated heterocycles. The summed E-state index contributed by atoms with van der Waals surface area (Å²) in [5.74, 6) is 1.69. The molecule has 0 radical (unpaired) electrons. The van der Waals surface area contributed by atoms with Gasteiger partial charge in [-0.2, -0.15) is 5.26 Å². The summed E-state index contributed by atoms with van der Waals surface area (Å²) in [7, 11) is 0. The molecule has 0 aliphatic carbocycles. The van der Waals surface area contributed by atoms with Crippen molar-refractivity contribution < 1.29 is 0 Å². The maximum Gasteiger partial charge on any atom is 0.103 e. The summed E-state index contributed by atoms with van der Waals surface area (Å²) in [6.07, 6.45) is 2.39. The van der Waals surface area contributed by atoms with E-state index in [1.807, 2.05) is 0 Å². The lowest BCUT2D eigenvalue weighted by Gasteiger charge is -2.28. The predicted molar refractivity (Wildman–Crippen MR) is 89.5 cm³/mol. The van der Waals surface area contributed by atoms with E-state index in [1.165, 1.54) is 12.8 Å². The molecule has 1 aromatic carbocycles. The summed E-state index contributed by atoms with van der Waals surface area (Å²) < 4.78 is 0. The van der Waals surface area contributed by atoms with Crippen LogP contribution in [0.25, 0.3) is 0 Å². The van der Waals surface area contributed by atoms with Crippen LogP contribution in [0.4, 0.5) is 5.69 Å². The summed E-state index contributed by atoms with van der Waals surface area (Å²) in [4.78, 5) is 3.46. The first-order valence-corrected chi connectivity index (χ1v) is 8.61. The number of anilines is 1. The van der Waals surface area contributed by atoms with Crippen LogP contribution in [-0.2, 0) is 0 Å². The maximum atomic E-state index is 9.53. The first kappa shape index (κ1) is 16.9. The molecular weight excluding hydrogens is 264 g/mol. The molecule has 110 valence electrons. The minimum Gasteiger partial charge on any atom is -0.370 e. The normalized spacial score (nSPS) is 10.6. The molecule has 20 heavy (non-hydrogen) atoms. The third kappa shape index (κ3) is 4.18. The van der Waals surface area contributed by atoms with Crippen LogP contribution in [0.2, 0.25) is 0 Å². The average Bonchev–Trinajstić information content (AvgIpc) is 2.49. The van der Waals surface area contributed by atoms with Crippen molar-refractivity contribution in [3.63, 3.8) is 0 Å². The number of thioether (sulfide) groups is 1. The lowest BCUT2D eigenvalue weighted by molar-refractivity contribution is 0.486. The van der Waals surface area contributed by atoms with Gasteiger partial charge in [0.05, 0.1) is 11.3 Å². The monoisotopic (exact) mass is 290 g/mol. The van der Waals surface area contributed by atoms with Crippen molar-refractivity contribution in [3.8, 4) is 6.07 Å².